The molecule has 6 atom stereocenters. The summed E-state index contributed by atoms with van der Waals surface area (Å²) in [6.07, 6.45) is -2.01. The molecule has 2 fully saturated rings. The summed E-state index contributed by atoms with van der Waals surface area (Å²) < 4.78 is 30.3. The second-order valence-corrected chi connectivity index (χ2v) is 11.1. The van der Waals surface area contributed by atoms with E-state index in [4.69, 9.17) is 70.1 Å². The number of allylic oxidation sites excluding steroid dienone is 1. The Balaban J connectivity index is 1.57. The van der Waals surface area contributed by atoms with Gasteiger partial charge in [0.2, 0.25) is 0 Å². The summed E-state index contributed by atoms with van der Waals surface area (Å²) in [5, 5.41) is -0.810. The largest absolute Gasteiger partial charge is 0.457 e. The summed E-state index contributed by atoms with van der Waals surface area (Å²) in [6.45, 7) is 5.17. The van der Waals surface area contributed by atoms with Gasteiger partial charge in [0, 0.05) is 12.5 Å². The van der Waals surface area contributed by atoms with Crippen LogP contribution in [0.25, 0.3) is 0 Å². The van der Waals surface area contributed by atoms with Gasteiger partial charge in [0.25, 0.3) is 11.8 Å². The Morgan fingerprint density at radius 1 is 1.02 bits per heavy atom. The van der Waals surface area contributed by atoms with Crippen LogP contribution in [0.2, 0.25) is 20.1 Å². The van der Waals surface area contributed by atoms with Crippen LogP contribution in [-0.2, 0) is 28.5 Å². The first kappa shape index (κ1) is 30.3. The lowest BCUT2D eigenvalue weighted by Gasteiger charge is -2.50. The molecule has 218 valence electrons. The zero-order valence-electron chi connectivity index (χ0n) is 21.7. The van der Waals surface area contributed by atoms with Gasteiger partial charge in [-0.1, -0.05) is 82.8 Å². The number of imide groups is 1. The van der Waals surface area contributed by atoms with Crippen molar-refractivity contribution in [1.82, 2.24) is 4.90 Å². The van der Waals surface area contributed by atoms with E-state index in [0.29, 0.717) is 12.8 Å². The highest BCUT2D eigenvalue weighted by atomic mass is 35.5. The van der Waals surface area contributed by atoms with Crippen molar-refractivity contribution in [2.75, 3.05) is 13.2 Å². The van der Waals surface area contributed by atoms with Crippen molar-refractivity contribution >= 4 is 64.2 Å². The van der Waals surface area contributed by atoms with E-state index in [2.05, 4.69) is 6.58 Å². The Hall–Kier alpha value is -2.21. The van der Waals surface area contributed by atoms with Crippen LogP contribution in [0.5, 0.6) is 0 Å². The van der Waals surface area contributed by atoms with Crippen LogP contribution in [0.15, 0.2) is 43.0 Å². The monoisotopic (exact) mass is 643 g/mol. The number of nitrogens with zero attached hydrogens (tertiary/aromatic N) is 1. The molecule has 0 bridgehead atoms. The van der Waals surface area contributed by atoms with Crippen molar-refractivity contribution in [3.05, 3.63) is 79.8 Å². The molecule has 2 saturated heterocycles. The molecule has 0 aromatic heterocycles. The highest BCUT2D eigenvalue weighted by molar-refractivity contribution is 6.55. The SMILES string of the molecule is C=CCCCO[C@@H]1O[C@@H]2COC(c3ccccc3)O[C@H]2[C@H](OC(C)=O)[C@H]1N1C(=O)c2c(Cl)c(Cl)c(Cl)c(Cl)c2C1=O. The summed E-state index contributed by atoms with van der Waals surface area (Å²) in [5.74, 6) is -2.33. The predicted octanol–water partition coefficient (Wildman–Crippen LogP) is 6.02. The molecule has 5 rings (SSSR count). The number of halogens is 4. The molecule has 13 heteroatoms. The van der Waals surface area contributed by atoms with Crippen molar-refractivity contribution in [3.8, 4) is 0 Å². The fourth-order valence-corrected chi connectivity index (χ4v) is 6.15. The predicted molar refractivity (Wildman–Crippen MR) is 150 cm³/mol. The van der Waals surface area contributed by atoms with Crippen molar-refractivity contribution in [1.29, 1.82) is 0 Å². The minimum atomic E-state index is -1.30. The summed E-state index contributed by atoms with van der Waals surface area (Å²) >= 11 is 25.2. The van der Waals surface area contributed by atoms with Crippen LogP contribution in [0, 0.1) is 0 Å². The van der Waals surface area contributed by atoms with Gasteiger partial charge >= 0.3 is 5.97 Å². The molecular weight excluding hydrogens is 620 g/mol. The van der Waals surface area contributed by atoms with E-state index in [1.807, 2.05) is 30.3 Å². The van der Waals surface area contributed by atoms with Crippen molar-refractivity contribution in [3.63, 3.8) is 0 Å². The molecular formula is C28H25Cl4NO8. The number of carbonyl (C=O) groups excluding carboxylic acids is 3. The third-order valence-corrected chi connectivity index (χ3v) is 8.75. The molecule has 9 nitrogen and oxygen atoms in total. The van der Waals surface area contributed by atoms with Crippen LogP contribution < -0.4 is 0 Å². The van der Waals surface area contributed by atoms with Crippen LogP contribution >= 0.6 is 46.4 Å². The molecule has 3 aliphatic rings. The van der Waals surface area contributed by atoms with E-state index in [-0.39, 0.29) is 44.4 Å². The summed E-state index contributed by atoms with van der Waals surface area (Å²) in [7, 11) is 0. The van der Waals surface area contributed by atoms with Crippen LogP contribution in [0.3, 0.4) is 0 Å². The maximum Gasteiger partial charge on any atom is 0.303 e. The lowest BCUT2D eigenvalue weighted by atomic mass is 9.94. The standard InChI is InChI=1S/C28H25Cl4NO8/c1-3-4-8-11-37-28-22(33-25(35)16-17(26(33)36)19(30)21(32)20(31)18(16)29)24(39-13(2)34)23-15(40-28)12-38-27(41-23)14-9-6-5-7-10-14/h3,5-7,9-10,15,22-24,27-28H,1,4,8,11-12H2,2H3/t15-,22-,23-,24-,27?,28-/m1/s1. The molecule has 0 aliphatic carbocycles. The fourth-order valence-electron chi connectivity index (χ4n) is 5.14. The zero-order chi connectivity index (χ0) is 29.4. The number of unbranched alkanes of at least 4 members (excludes halogenated alkanes) is 1. The van der Waals surface area contributed by atoms with Crippen molar-refractivity contribution < 1.29 is 38.1 Å². The smallest absolute Gasteiger partial charge is 0.303 e. The first-order valence-electron chi connectivity index (χ1n) is 12.8. The normalized spacial score (nSPS) is 27.4. The number of hydrogen-bond acceptors (Lipinski definition) is 8. The highest BCUT2D eigenvalue weighted by Gasteiger charge is 2.58. The third kappa shape index (κ3) is 5.62. The van der Waals surface area contributed by atoms with E-state index < -0.39 is 54.7 Å². The molecule has 3 heterocycles. The van der Waals surface area contributed by atoms with Crippen LogP contribution in [-0.4, -0.2) is 66.5 Å². The molecule has 2 amide bonds. The maximum absolute atomic E-state index is 13.9. The number of esters is 1. The Morgan fingerprint density at radius 3 is 2.24 bits per heavy atom. The van der Waals surface area contributed by atoms with Gasteiger partial charge in [0.05, 0.1) is 44.4 Å². The van der Waals surface area contributed by atoms with E-state index in [0.717, 1.165) is 10.5 Å². The third-order valence-electron chi connectivity index (χ3n) is 6.95. The van der Waals surface area contributed by atoms with Crippen LogP contribution in [0.4, 0.5) is 0 Å². The molecule has 0 radical (unpaired) electrons. The van der Waals surface area contributed by atoms with Gasteiger partial charge in [-0.15, -0.1) is 6.58 Å². The molecule has 41 heavy (non-hydrogen) atoms. The average Bonchev–Trinajstić information content (AvgIpc) is 3.22. The van der Waals surface area contributed by atoms with E-state index in [1.165, 1.54) is 6.92 Å². The number of hydrogen-bond donors (Lipinski definition) is 0. The molecule has 0 N–H and O–H groups in total. The molecule has 0 saturated carbocycles. The van der Waals surface area contributed by atoms with Crippen LogP contribution in [0.1, 0.15) is 52.3 Å². The average molecular weight is 645 g/mol. The highest BCUT2D eigenvalue weighted by Crippen LogP contribution is 2.47. The molecule has 0 spiro atoms. The number of carbonyl (C=O) groups is 3. The maximum atomic E-state index is 13.9. The first-order chi connectivity index (χ1) is 19.6. The first-order valence-corrected chi connectivity index (χ1v) is 14.3. The topological polar surface area (TPSA) is 101 Å². The Labute approximate surface area is 256 Å². The van der Waals surface area contributed by atoms with Gasteiger partial charge in [-0.2, -0.15) is 0 Å². The summed E-state index contributed by atoms with van der Waals surface area (Å²) in [5.41, 5.74) is 0.274. The Morgan fingerprint density at radius 2 is 1.66 bits per heavy atom. The van der Waals surface area contributed by atoms with Gasteiger partial charge in [0.15, 0.2) is 18.7 Å². The second-order valence-electron chi connectivity index (χ2n) is 9.57. The van der Waals surface area contributed by atoms with E-state index in [9.17, 15) is 14.4 Å². The van der Waals surface area contributed by atoms with Gasteiger partial charge in [-0.3, -0.25) is 19.3 Å². The Bertz CT molecular complexity index is 1330. The molecule has 1 unspecified atom stereocenters. The molecule has 2 aromatic carbocycles. The van der Waals surface area contributed by atoms with Crippen molar-refractivity contribution in [2.24, 2.45) is 0 Å². The quantitative estimate of drug-likeness (QED) is 0.0859. The van der Waals surface area contributed by atoms with Gasteiger partial charge < -0.3 is 23.7 Å². The number of rotatable bonds is 8. The van der Waals surface area contributed by atoms with E-state index >= 15 is 0 Å². The Kier molecular flexibility index (Phi) is 9.28. The van der Waals surface area contributed by atoms with Gasteiger partial charge in [0.1, 0.15) is 18.2 Å². The lowest BCUT2D eigenvalue weighted by molar-refractivity contribution is -0.349. The number of amides is 2. The van der Waals surface area contributed by atoms with Gasteiger partial charge in [-0.05, 0) is 12.8 Å². The number of fused-ring (bicyclic) bond motifs is 2. The van der Waals surface area contributed by atoms with Gasteiger partial charge in [-0.25, -0.2) is 0 Å². The minimum absolute atomic E-state index is 0.0617. The molecule has 2 aromatic rings. The summed E-state index contributed by atoms with van der Waals surface area (Å²) in [6, 6.07) is 7.85. The molecule has 3 aliphatic heterocycles. The fraction of sp³-hybridized carbons (Fsp3) is 0.393. The zero-order valence-corrected chi connectivity index (χ0v) is 24.7. The van der Waals surface area contributed by atoms with E-state index in [1.54, 1.807) is 6.08 Å². The number of benzene rings is 2. The number of ether oxygens (including phenoxy) is 5. The van der Waals surface area contributed by atoms with Crippen molar-refractivity contribution in [2.45, 2.75) is 56.7 Å². The lowest BCUT2D eigenvalue weighted by Crippen LogP contribution is -2.68. The second kappa shape index (κ2) is 12.6. The summed E-state index contributed by atoms with van der Waals surface area (Å²) in [4.78, 5) is 41.0. The minimum Gasteiger partial charge on any atom is -0.457 e.